The van der Waals surface area contributed by atoms with Crippen molar-refractivity contribution in [2.75, 3.05) is 5.75 Å². The normalized spacial score (nSPS) is 17.0. The molecular weight excluding hydrogens is 344 g/mol. The number of hydrogen-bond acceptors (Lipinski definition) is 4. The maximum Gasteiger partial charge on any atom is 0.234 e. The molecular formula is C20H20N4OS. The van der Waals surface area contributed by atoms with Crippen LogP contribution in [-0.2, 0) is 17.9 Å². The van der Waals surface area contributed by atoms with E-state index in [2.05, 4.69) is 29.4 Å². The Hall–Kier alpha value is -2.60. The van der Waals surface area contributed by atoms with E-state index in [-0.39, 0.29) is 11.3 Å². The highest BCUT2D eigenvalue weighted by Crippen LogP contribution is 2.38. The van der Waals surface area contributed by atoms with E-state index in [1.807, 2.05) is 58.2 Å². The highest BCUT2D eigenvalue weighted by Gasteiger charge is 2.34. The molecule has 1 aliphatic rings. The molecule has 4 rings (SSSR count). The minimum absolute atomic E-state index is 0.0756. The number of thioether (sulfide) groups is 1. The van der Waals surface area contributed by atoms with Crippen LogP contribution in [-0.4, -0.2) is 31.6 Å². The first-order valence-corrected chi connectivity index (χ1v) is 9.65. The second-order valence-electron chi connectivity index (χ2n) is 6.44. The minimum atomic E-state index is -0.0756. The van der Waals surface area contributed by atoms with Crippen molar-refractivity contribution in [3.63, 3.8) is 0 Å². The highest BCUT2D eigenvalue weighted by molar-refractivity contribution is 8.00. The average Bonchev–Trinajstić information content (AvgIpc) is 3.25. The molecule has 1 saturated heterocycles. The Morgan fingerprint density at radius 3 is 2.65 bits per heavy atom. The summed E-state index contributed by atoms with van der Waals surface area (Å²) in [6.07, 6.45) is 1.96. The predicted molar refractivity (Wildman–Crippen MR) is 102 cm³/mol. The summed E-state index contributed by atoms with van der Waals surface area (Å²) in [5.74, 6) is 0.639. The van der Waals surface area contributed by atoms with Gasteiger partial charge in [0.25, 0.3) is 0 Å². The lowest BCUT2D eigenvalue weighted by Crippen LogP contribution is -2.27. The minimum Gasteiger partial charge on any atom is -0.320 e. The van der Waals surface area contributed by atoms with Crippen molar-refractivity contribution in [2.24, 2.45) is 0 Å². The number of amides is 1. The third-order valence-corrected chi connectivity index (χ3v) is 5.79. The zero-order valence-electron chi connectivity index (χ0n) is 14.6. The summed E-state index contributed by atoms with van der Waals surface area (Å²) in [5, 5.41) is 8.55. The molecule has 2 heterocycles. The SMILES string of the molecule is Cc1ccccc1Cn1cc([C@H]2SCC(=O)N2Cc2ccccc2)nn1. The number of carbonyl (C=O) groups is 1. The van der Waals surface area contributed by atoms with Crippen LogP contribution in [0.2, 0.25) is 0 Å². The molecule has 1 aromatic heterocycles. The highest BCUT2D eigenvalue weighted by atomic mass is 32.2. The van der Waals surface area contributed by atoms with Crippen LogP contribution in [0.5, 0.6) is 0 Å². The van der Waals surface area contributed by atoms with Gasteiger partial charge in [-0.25, -0.2) is 4.68 Å². The number of aromatic nitrogens is 3. The lowest BCUT2D eigenvalue weighted by atomic mass is 10.1. The number of carbonyl (C=O) groups excluding carboxylic acids is 1. The molecule has 0 spiro atoms. The molecule has 26 heavy (non-hydrogen) atoms. The molecule has 1 amide bonds. The fraction of sp³-hybridized carbons (Fsp3) is 0.250. The van der Waals surface area contributed by atoms with Crippen molar-refractivity contribution in [3.8, 4) is 0 Å². The van der Waals surface area contributed by atoms with E-state index in [0.717, 1.165) is 11.3 Å². The molecule has 0 aliphatic carbocycles. The Kier molecular flexibility index (Phi) is 4.75. The maximum absolute atomic E-state index is 12.4. The summed E-state index contributed by atoms with van der Waals surface area (Å²) in [4.78, 5) is 14.2. The largest absolute Gasteiger partial charge is 0.320 e. The fourth-order valence-corrected chi connectivity index (χ4v) is 4.23. The molecule has 0 radical (unpaired) electrons. The van der Waals surface area contributed by atoms with Gasteiger partial charge in [0.2, 0.25) is 5.91 Å². The molecule has 0 unspecified atom stereocenters. The van der Waals surface area contributed by atoms with Gasteiger partial charge in [-0.1, -0.05) is 59.8 Å². The molecule has 132 valence electrons. The first kappa shape index (κ1) is 16.8. The van der Waals surface area contributed by atoms with Crippen molar-refractivity contribution < 1.29 is 4.79 Å². The molecule has 3 aromatic rings. The molecule has 5 nitrogen and oxygen atoms in total. The Morgan fingerprint density at radius 2 is 1.85 bits per heavy atom. The number of benzene rings is 2. The molecule has 6 heteroatoms. The monoisotopic (exact) mass is 364 g/mol. The second kappa shape index (κ2) is 7.33. The van der Waals surface area contributed by atoms with E-state index in [1.165, 1.54) is 11.1 Å². The van der Waals surface area contributed by atoms with Crippen LogP contribution in [0.1, 0.15) is 27.8 Å². The van der Waals surface area contributed by atoms with E-state index in [4.69, 9.17) is 0 Å². The zero-order chi connectivity index (χ0) is 17.9. The standard InChI is InChI=1S/C20H20N4OS/c1-15-7-5-6-10-17(15)12-23-13-18(21-22-23)20-24(19(25)14-26-20)11-16-8-3-2-4-9-16/h2-10,13,20H,11-12,14H2,1H3/t20-/m1/s1. The summed E-state index contributed by atoms with van der Waals surface area (Å²) in [5.41, 5.74) is 4.42. The van der Waals surface area contributed by atoms with E-state index < -0.39 is 0 Å². The van der Waals surface area contributed by atoms with Gasteiger partial charge in [0.1, 0.15) is 11.1 Å². The number of nitrogens with zero attached hydrogens (tertiary/aromatic N) is 4. The summed E-state index contributed by atoms with van der Waals surface area (Å²) in [7, 11) is 0. The third-order valence-electron chi connectivity index (χ3n) is 4.57. The van der Waals surface area contributed by atoms with Gasteiger partial charge in [0.15, 0.2) is 0 Å². The van der Waals surface area contributed by atoms with Crippen LogP contribution < -0.4 is 0 Å². The zero-order valence-corrected chi connectivity index (χ0v) is 15.4. The van der Waals surface area contributed by atoms with Crippen LogP contribution in [0.15, 0.2) is 60.8 Å². The topological polar surface area (TPSA) is 51.0 Å². The molecule has 0 N–H and O–H groups in total. The molecule has 2 aromatic carbocycles. The Bertz CT molecular complexity index is 909. The first-order chi connectivity index (χ1) is 12.7. The van der Waals surface area contributed by atoms with E-state index in [0.29, 0.717) is 18.8 Å². The van der Waals surface area contributed by atoms with E-state index in [1.54, 1.807) is 11.8 Å². The molecule has 0 saturated carbocycles. The van der Waals surface area contributed by atoms with Gasteiger partial charge in [-0.2, -0.15) is 0 Å². The fourth-order valence-electron chi connectivity index (χ4n) is 3.12. The summed E-state index contributed by atoms with van der Waals surface area (Å²) >= 11 is 1.61. The van der Waals surface area contributed by atoms with Gasteiger partial charge >= 0.3 is 0 Å². The Labute approximate surface area is 157 Å². The van der Waals surface area contributed by atoms with E-state index in [9.17, 15) is 4.79 Å². The average molecular weight is 364 g/mol. The predicted octanol–water partition coefficient (Wildman–Crippen LogP) is 3.41. The van der Waals surface area contributed by atoms with Crippen molar-refractivity contribution in [3.05, 3.63) is 83.2 Å². The number of rotatable bonds is 5. The number of hydrogen-bond donors (Lipinski definition) is 0. The Morgan fingerprint density at radius 1 is 1.08 bits per heavy atom. The van der Waals surface area contributed by atoms with Crippen LogP contribution in [0.4, 0.5) is 0 Å². The van der Waals surface area contributed by atoms with Crippen LogP contribution in [0, 0.1) is 6.92 Å². The van der Waals surface area contributed by atoms with Gasteiger partial charge in [-0.15, -0.1) is 16.9 Å². The third kappa shape index (κ3) is 3.51. The second-order valence-corrected chi connectivity index (χ2v) is 7.51. The first-order valence-electron chi connectivity index (χ1n) is 8.60. The van der Waals surface area contributed by atoms with Gasteiger partial charge in [0.05, 0.1) is 18.5 Å². The Balaban J connectivity index is 1.52. The van der Waals surface area contributed by atoms with Crippen LogP contribution in [0.3, 0.4) is 0 Å². The maximum atomic E-state index is 12.4. The molecule has 1 aliphatic heterocycles. The molecule has 1 atom stereocenters. The lowest BCUT2D eigenvalue weighted by Gasteiger charge is -2.22. The van der Waals surface area contributed by atoms with E-state index >= 15 is 0 Å². The van der Waals surface area contributed by atoms with Gasteiger partial charge in [0, 0.05) is 6.54 Å². The van der Waals surface area contributed by atoms with Gasteiger partial charge in [-0.05, 0) is 23.6 Å². The van der Waals surface area contributed by atoms with Gasteiger partial charge < -0.3 is 4.90 Å². The lowest BCUT2D eigenvalue weighted by molar-refractivity contribution is -0.128. The molecule has 0 bridgehead atoms. The van der Waals surface area contributed by atoms with Crippen LogP contribution >= 0.6 is 11.8 Å². The summed E-state index contributed by atoms with van der Waals surface area (Å²) < 4.78 is 1.85. The quantitative estimate of drug-likeness (QED) is 0.696. The number of aryl methyl sites for hydroxylation is 1. The van der Waals surface area contributed by atoms with Gasteiger partial charge in [-0.3, -0.25) is 4.79 Å². The van der Waals surface area contributed by atoms with Crippen molar-refractivity contribution in [1.29, 1.82) is 0 Å². The van der Waals surface area contributed by atoms with Crippen LogP contribution in [0.25, 0.3) is 0 Å². The van der Waals surface area contributed by atoms with Crippen molar-refractivity contribution in [1.82, 2.24) is 19.9 Å². The summed E-state index contributed by atoms with van der Waals surface area (Å²) in [6, 6.07) is 18.3. The smallest absolute Gasteiger partial charge is 0.234 e. The van der Waals surface area contributed by atoms with Crippen molar-refractivity contribution >= 4 is 17.7 Å². The summed E-state index contributed by atoms with van der Waals surface area (Å²) in [6.45, 7) is 3.38. The molecule has 1 fully saturated rings. The van der Waals surface area contributed by atoms with Crippen molar-refractivity contribution in [2.45, 2.75) is 25.4 Å².